The van der Waals surface area contributed by atoms with Gasteiger partial charge in [0, 0.05) is 0 Å². The fourth-order valence-electron chi connectivity index (χ4n) is 0.904. The third-order valence-corrected chi connectivity index (χ3v) is 7.51. The maximum atomic E-state index is 12.9. The molecule has 0 N–H and O–H groups in total. The molecule has 0 unspecified atom stereocenters. The second kappa shape index (κ2) is 4.13. The van der Waals surface area contributed by atoms with E-state index in [1.807, 2.05) is 0 Å². The summed E-state index contributed by atoms with van der Waals surface area (Å²) < 4.78 is 50.9. The summed E-state index contributed by atoms with van der Waals surface area (Å²) in [6.45, 7) is 0.978. The summed E-state index contributed by atoms with van der Waals surface area (Å²) >= 11 is -2.49. The fraction of sp³-hybridized carbons (Fsp3) is 0.143. The molecule has 0 amide bonds. The van der Waals surface area contributed by atoms with Crippen LogP contribution < -0.4 is 3.07 Å². The molecule has 0 aliphatic rings. The average molecular weight is 399 g/mol. The average Bonchev–Trinajstić information content (AvgIpc) is 2.13. The minimum absolute atomic E-state index is 0.553. The van der Waals surface area contributed by atoms with Gasteiger partial charge in [0.1, 0.15) is 0 Å². The SMILES string of the molecule is Cc1c(F)c(F)[c]([Hg][Cl])c(F)c1F. The summed E-state index contributed by atoms with van der Waals surface area (Å²) in [7, 11) is 5.34. The van der Waals surface area contributed by atoms with Crippen molar-refractivity contribution in [3.63, 3.8) is 0 Å². The van der Waals surface area contributed by atoms with E-state index in [9.17, 15) is 17.6 Å². The number of hydrogen-bond donors (Lipinski definition) is 0. The summed E-state index contributed by atoms with van der Waals surface area (Å²) in [5.74, 6) is -5.33. The molecule has 1 rings (SSSR count). The normalized spacial score (nSPS) is 10.0. The van der Waals surface area contributed by atoms with Gasteiger partial charge in [0.05, 0.1) is 0 Å². The van der Waals surface area contributed by atoms with Crippen LogP contribution in [0.2, 0.25) is 0 Å². The summed E-state index contributed by atoms with van der Waals surface area (Å²) in [5, 5.41) is 0. The molecule has 6 heteroatoms. The Morgan fingerprint density at radius 1 is 0.923 bits per heavy atom. The maximum absolute atomic E-state index is 12.9. The first-order valence-electron chi connectivity index (χ1n) is 3.38. The van der Waals surface area contributed by atoms with Crippen LogP contribution in [0.5, 0.6) is 0 Å². The van der Waals surface area contributed by atoms with Crippen LogP contribution in [0.1, 0.15) is 5.56 Å². The molecule has 0 heterocycles. The molecule has 13 heavy (non-hydrogen) atoms. The van der Waals surface area contributed by atoms with Crippen LogP contribution in [0, 0.1) is 30.2 Å². The molecule has 0 aromatic heterocycles. The van der Waals surface area contributed by atoms with E-state index in [1.165, 1.54) is 0 Å². The van der Waals surface area contributed by atoms with Crippen molar-refractivity contribution < 1.29 is 40.9 Å². The predicted molar refractivity (Wildman–Crippen MR) is 36.5 cm³/mol. The molecule has 0 radical (unpaired) electrons. The van der Waals surface area contributed by atoms with Crippen molar-refractivity contribution in [3.8, 4) is 0 Å². The zero-order valence-electron chi connectivity index (χ0n) is 6.60. The quantitative estimate of drug-likeness (QED) is 0.387. The molecule has 0 aliphatic carbocycles. The van der Waals surface area contributed by atoms with Gasteiger partial charge in [-0.3, -0.25) is 0 Å². The first kappa shape index (κ1) is 11.2. The molecule has 0 bridgehead atoms. The number of hydrogen-bond acceptors (Lipinski definition) is 0. The van der Waals surface area contributed by atoms with Crippen LogP contribution >= 0.6 is 8.25 Å². The molecule has 1 aromatic carbocycles. The molecule has 0 saturated heterocycles. The van der Waals surface area contributed by atoms with E-state index in [1.54, 1.807) is 0 Å². The summed E-state index contributed by atoms with van der Waals surface area (Å²) in [6.07, 6.45) is 0. The van der Waals surface area contributed by atoms with Crippen molar-refractivity contribution in [2.24, 2.45) is 0 Å². The number of benzene rings is 1. The topological polar surface area (TPSA) is 0 Å². The van der Waals surface area contributed by atoms with Crippen LogP contribution in [0.3, 0.4) is 0 Å². The molecule has 68 valence electrons. The van der Waals surface area contributed by atoms with Crippen LogP contribution in [0.25, 0.3) is 0 Å². The minimum atomic E-state index is -2.49. The second-order valence-corrected chi connectivity index (χ2v) is 8.63. The first-order chi connectivity index (χ1) is 6.00. The Labute approximate surface area is 87.8 Å². The van der Waals surface area contributed by atoms with E-state index in [4.69, 9.17) is 8.25 Å². The van der Waals surface area contributed by atoms with E-state index in [2.05, 4.69) is 0 Å². The van der Waals surface area contributed by atoms with Gasteiger partial charge in [0.15, 0.2) is 0 Å². The van der Waals surface area contributed by atoms with E-state index < -0.39 is 55.2 Å². The summed E-state index contributed by atoms with van der Waals surface area (Å²) in [6, 6.07) is 0. The van der Waals surface area contributed by atoms with Gasteiger partial charge in [0.25, 0.3) is 0 Å². The third-order valence-electron chi connectivity index (χ3n) is 1.71. The molecular weight excluding hydrogens is 396 g/mol. The van der Waals surface area contributed by atoms with E-state index in [0.717, 1.165) is 6.92 Å². The van der Waals surface area contributed by atoms with Gasteiger partial charge in [-0.15, -0.1) is 0 Å². The fourth-order valence-corrected chi connectivity index (χ4v) is 5.08. The van der Waals surface area contributed by atoms with Crippen molar-refractivity contribution in [2.75, 3.05) is 0 Å². The Balaban J connectivity index is 3.56. The summed E-state index contributed by atoms with van der Waals surface area (Å²) in [4.78, 5) is 0. The van der Waals surface area contributed by atoms with Crippen molar-refractivity contribution >= 4 is 11.3 Å². The zero-order valence-corrected chi connectivity index (χ0v) is 12.9. The third kappa shape index (κ3) is 1.84. The zero-order chi connectivity index (χ0) is 10.2. The van der Waals surface area contributed by atoms with Crippen molar-refractivity contribution in [1.29, 1.82) is 0 Å². The van der Waals surface area contributed by atoms with Crippen LogP contribution in [0.15, 0.2) is 0 Å². The van der Waals surface area contributed by atoms with Crippen LogP contribution in [-0.4, -0.2) is 0 Å². The van der Waals surface area contributed by atoms with Gasteiger partial charge in [0.2, 0.25) is 0 Å². The van der Waals surface area contributed by atoms with Gasteiger partial charge in [-0.25, -0.2) is 0 Å². The van der Waals surface area contributed by atoms with Gasteiger partial charge in [-0.1, -0.05) is 0 Å². The molecular formula is C7H3ClF4Hg. The molecule has 0 spiro atoms. The molecule has 0 fully saturated rings. The molecule has 0 aliphatic heterocycles. The Morgan fingerprint density at radius 3 is 1.62 bits per heavy atom. The second-order valence-electron chi connectivity index (χ2n) is 2.49. The predicted octanol–water partition coefficient (Wildman–Crippen LogP) is 2.41. The van der Waals surface area contributed by atoms with Crippen LogP contribution in [-0.2, 0) is 23.3 Å². The van der Waals surface area contributed by atoms with Crippen molar-refractivity contribution in [2.45, 2.75) is 6.92 Å². The molecule has 0 atom stereocenters. The van der Waals surface area contributed by atoms with E-state index in [-0.39, 0.29) is 0 Å². The standard InChI is InChI=1S/C7H3F4.ClH.Hg/c1-3-6(10)4(8)2-5(9)7(3)11;;/h1H3;1H;/q;;+1/p-1. The van der Waals surface area contributed by atoms with Gasteiger partial charge in [-0.05, 0) is 0 Å². The monoisotopic (exact) mass is 400 g/mol. The van der Waals surface area contributed by atoms with Gasteiger partial charge < -0.3 is 0 Å². The first-order valence-corrected chi connectivity index (χ1v) is 12.9. The van der Waals surface area contributed by atoms with Gasteiger partial charge in [-0.2, -0.15) is 0 Å². The van der Waals surface area contributed by atoms with Crippen LogP contribution in [0.4, 0.5) is 17.6 Å². The van der Waals surface area contributed by atoms with Gasteiger partial charge >= 0.3 is 88.0 Å². The number of halogens is 5. The van der Waals surface area contributed by atoms with Crippen molar-refractivity contribution in [1.82, 2.24) is 0 Å². The Kier molecular flexibility index (Phi) is 3.57. The Bertz CT molecular complexity index is 324. The molecule has 0 nitrogen and oxygen atoms in total. The number of rotatable bonds is 1. The van der Waals surface area contributed by atoms with E-state index >= 15 is 0 Å². The molecule has 1 aromatic rings. The van der Waals surface area contributed by atoms with Crippen molar-refractivity contribution in [3.05, 3.63) is 28.8 Å². The Morgan fingerprint density at radius 2 is 1.31 bits per heavy atom. The Hall–Kier alpha value is 0.165. The summed E-state index contributed by atoms with van der Waals surface area (Å²) in [5.41, 5.74) is -0.641. The molecule has 0 saturated carbocycles. The van der Waals surface area contributed by atoms with E-state index in [0.29, 0.717) is 0 Å².